The molecule has 0 amide bonds. The summed E-state index contributed by atoms with van der Waals surface area (Å²) in [5, 5.41) is 12.5. The SMILES string of the molecule is CC.CCNCc1cncn1C(CCCO)c1ccccc1. The summed E-state index contributed by atoms with van der Waals surface area (Å²) in [6.45, 7) is 8.08. The van der Waals surface area contributed by atoms with Gasteiger partial charge in [-0.25, -0.2) is 4.98 Å². The molecule has 1 aromatic carbocycles. The molecule has 1 unspecified atom stereocenters. The minimum absolute atomic E-state index is 0.223. The van der Waals surface area contributed by atoms with E-state index in [2.05, 4.69) is 46.1 Å². The van der Waals surface area contributed by atoms with Crippen LogP contribution in [0, 0.1) is 0 Å². The summed E-state index contributed by atoms with van der Waals surface area (Å²) in [6.07, 6.45) is 5.51. The van der Waals surface area contributed by atoms with Gasteiger partial charge in [-0.1, -0.05) is 51.1 Å². The van der Waals surface area contributed by atoms with E-state index >= 15 is 0 Å². The molecule has 0 aliphatic heterocycles. The Labute approximate surface area is 134 Å². The summed E-state index contributed by atoms with van der Waals surface area (Å²) >= 11 is 0. The van der Waals surface area contributed by atoms with E-state index in [1.807, 2.05) is 32.4 Å². The second kappa shape index (κ2) is 11.0. The van der Waals surface area contributed by atoms with Crippen molar-refractivity contribution >= 4 is 0 Å². The summed E-state index contributed by atoms with van der Waals surface area (Å²) in [5.41, 5.74) is 2.44. The van der Waals surface area contributed by atoms with E-state index in [9.17, 15) is 0 Å². The summed E-state index contributed by atoms with van der Waals surface area (Å²) in [4.78, 5) is 4.29. The van der Waals surface area contributed by atoms with Crippen LogP contribution in [-0.2, 0) is 6.54 Å². The Kier molecular flexibility index (Phi) is 9.19. The van der Waals surface area contributed by atoms with Gasteiger partial charge in [-0.15, -0.1) is 0 Å². The van der Waals surface area contributed by atoms with Crippen molar-refractivity contribution in [1.29, 1.82) is 0 Å². The molecule has 0 spiro atoms. The lowest BCUT2D eigenvalue weighted by Crippen LogP contribution is -2.19. The van der Waals surface area contributed by atoms with E-state index in [0.29, 0.717) is 0 Å². The topological polar surface area (TPSA) is 50.1 Å². The van der Waals surface area contributed by atoms with Crippen LogP contribution in [0.25, 0.3) is 0 Å². The highest BCUT2D eigenvalue weighted by Crippen LogP contribution is 2.24. The summed E-state index contributed by atoms with van der Waals surface area (Å²) in [5.74, 6) is 0. The van der Waals surface area contributed by atoms with Gasteiger partial charge in [-0.05, 0) is 24.9 Å². The minimum atomic E-state index is 0.223. The van der Waals surface area contributed by atoms with Gasteiger partial charge in [0, 0.05) is 19.3 Å². The minimum Gasteiger partial charge on any atom is -0.396 e. The van der Waals surface area contributed by atoms with Crippen LogP contribution in [0.5, 0.6) is 0 Å². The van der Waals surface area contributed by atoms with Gasteiger partial charge in [0.05, 0.1) is 18.1 Å². The van der Waals surface area contributed by atoms with Crippen molar-refractivity contribution in [3.8, 4) is 0 Å². The molecule has 0 aliphatic rings. The van der Waals surface area contributed by atoms with Crippen LogP contribution in [0.2, 0.25) is 0 Å². The summed E-state index contributed by atoms with van der Waals surface area (Å²) < 4.78 is 2.22. The highest BCUT2D eigenvalue weighted by atomic mass is 16.2. The van der Waals surface area contributed by atoms with Gasteiger partial charge < -0.3 is 15.0 Å². The lowest BCUT2D eigenvalue weighted by Gasteiger charge is -2.21. The molecular weight excluding hydrogens is 274 g/mol. The fraction of sp³-hybridized carbons (Fsp3) is 0.500. The molecule has 0 saturated carbocycles. The molecule has 4 nitrogen and oxygen atoms in total. The zero-order valence-corrected chi connectivity index (χ0v) is 14.0. The number of aliphatic hydroxyl groups excluding tert-OH is 1. The van der Waals surface area contributed by atoms with Gasteiger partial charge in [0.1, 0.15) is 0 Å². The number of nitrogens with one attached hydrogen (secondary N) is 1. The Balaban J connectivity index is 0.00000116. The lowest BCUT2D eigenvalue weighted by molar-refractivity contribution is 0.275. The number of aromatic nitrogens is 2. The number of nitrogens with zero attached hydrogens (tertiary/aromatic N) is 2. The van der Waals surface area contributed by atoms with E-state index in [1.165, 1.54) is 11.3 Å². The van der Waals surface area contributed by atoms with Gasteiger partial charge in [-0.3, -0.25) is 0 Å². The molecule has 0 fully saturated rings. The number of hydrogen-bond donors (Lipinski definition) is 2. The van der Waals surface area contributed by atoms with Crippen molar-refractivity contribution in [2.45, 2.75) is 46.2 Å². The normalized spacial score (nSPS) is 11.6. The van der Waals surface area contributed by atoms with E-state index < -0.39 is 0 Å². The first-order valence-electron chi connectivity index (χ1n) is 8.24. The first-order chi connectivity index (χ1) is 10.9. The molecule has 2 N–H and O–H groups in total. The molecule has 122 valence electrons. The summed E-state index contributed by atoms with van der Waals surface area (Å²) in [6, 6.07) is 10.7. The highest BCUT2D eigenvalue weighted by molar-refractivity contribution is 5.21. The van der Waals surface area contributed by atoms with Crippen LogP contribution in [0.4, 0.5) is 0 Å². The number of aliphatic hydroxyl groups is 1. The maximum absolute atomic E-state index is 9.13. The fourth-order valence-electron chi connectivity index (χ4n) is 2.43. The zero-order chi connectivity index (χ0) is 16.2. The molecular formula is C18H29N3O. The smallest absolute Gasteiger partial charge is 0.0954 e. The molecule has 0 radical (unpaired) electrons. The molecule has 0 aliphatic carbocycles. The first kappa shape index (κ1) is 18.4. The molecule has 0 bridgehead atoms. The quantitative estimate of drug-likeness (QED) is 0.786. The Morgan fingerprint density at radius 2 is 1.95 bits per heavy atom. The maximum Gasteiger partial charge on any atom is 0.0954 e. The van der Waals surface area contributed by atoms with Gasteiger partial charge in [0.2, 0.25) is 0 Å². The van der Waals surface area contributed by atoms with E-state index in [4.69, 9.17) is 5.11 Å². The molecule has 1 aromatic heterocycles. The number of imidazole rings is 1. The van der Waals surface area contributed by atoms with Crippen LogP contribution >= 0.6 is 0 Å². The molecule has 4 heteroatoms. The zero-order valence-electron chi connectivity index (χ0n) is 14.0. The summed E-state index contributed by atoms with van der Waals surface area (Å²) in [7, 11) is 0. The number of benzene rings is 1. The molecule has 1 atom stereocenters. The predicted molar refractivity (Wildman–Crippen MR) is 91.9 cm³/mol. The third-order valence-electron chi connectivity index (χ3n) is 3.46. The Morgan fingerprint density at radius 1 is 1.23 bits per heavy atom. The number of hydrogen-bond acceptors (Lipinski definition) is 3. The van der Waals surface area contributed by atoms with E-state index in [1.54, 1.807) is 0 Å². The second-order valence-corrected chi connectivity index (χ2v) is 4.86. The van der Waals surface area contributed by atoms with Crippen LogP contribution < -0.4 is 5.32 Å². The highest BCUT2D eigenvalue weighted by Gasteiger charge is 2.15. The maximum atomic E-state index is 9.13. The Hall–Kier alpha value is -1.65. The largest absolute Gasteiger partial charge is 0.396 e. The lowest BCUT2D eigenvalue weighted by atomic mass is 10.0. The van der Waals surface area contributed by atoms with Crippen LogP contribution in [0.3, 0.4) is 0 Å². The van der Waals surface area contributed by atoms with Gasteiger partial charge >= 0.3 is 0 Å². The molecule has 22 heavy (non-hydrogen) atoms. The second-order valence-electron chi connectivity index (χ2n) is 4.86. The van der Waals surface area contributed by atoms with Crippen molar-refractivity contribution in [1.82, 2.24) is 14.9 Å². The van der Waals surface area contributed by atoms with Gasteiger partial charge in [0.25, 0.3) is 0 Å². The Morgan fingerprint density at radius 3 is 2.59 bits per heavy atom. The third kappa shape index (κ3) is 5.28. The fourth-order valence-corrected chi connectivity index (χ4v) is 2.43. The monoisotopic (exact) mass is 303 g/mol. The standard InChI is InChI=1S/C16H23N3O.C2H6/c1-2-17-11-15-12-18-13-19(15)16(9-6-10-20)14-7-4-3-5-8-14;1-2/h3-5,7-8,12-13,16-17,20H,2,6,9-11H2,1H3;1-2H3. The van der Waals surface area contributed by atoms with Crippen molar-refractivity contribution in [2.75, 3.05) is 13.2 Å². The van der Waals surface area contributed by atoms with Crippen LogP contribution in [0.15, 0.2) is 42.9 Å². The number of rotatable bonds is 8. The first-order valence-corrected chi connectivity index (χ1v) is 8.24. The molecule has 0 saturated heterocycles. The van der Waals surface area contributed by atoms with Crippen molar-refractivity contribution < 1.29 is 5.11 Å². The van der Waals surface area contributed by atoms with Crippen LogP contribution in [-0.4, -0.2) is 27.8 Å². The third-order valence-corrected chi connectivity index (χ3v) is 3.46. The van der Waals surface area contributed by atoms with Gasteiger partial charge in [-0.2, -0.15) is 0 Å². The van der Waals surface area contributed by atoms with Crippen molar-refractivity contribution in [3.05, 3.63) is 54.1 Å². The van der Waals surface area contributed by atoms with Gasteiger partial charge in [0.15, 0.2) is 0 Å². The molecule has 2 rings (SSSR count). The van der Waals surface area contributed by atoms with Crippen molar-refractivity contribution in [3.63, 3.8) is 0 Å². The average Bonchev–Trinajstić information content (AvgIpc) is 3.04. The predicted octanol–water partition coefficient (Wildman–Crippen LogP) is 3.38. The average molecular weight is 303 g/mol. The molecule has 1 heterocycles. The van der Waals surface area contributed by atoms with E-state index in [-0.39, 0.29) is 12.6 Å². The van der Waals surface area contributed by atoms with E-state index in [0.717, 1.165) is 25.9 Å². The molecule has 2 aromatic rings. The Bertz CT molecular complexity index is 496. The van der Waals surface area contributed by atoms with Crippen molar-refractivity contribution in [2.24, 2.45) is 0 Å². The van der Waals surface area contributed by atoms with Crippen LogP contribution in [0.1, 0.15) is 50.9 Å².